The second-order valence-corrected chi connectivity index (χ2v) is 8.65. The molecule has 4 heteroatoms. The van der Waals surface area contributed by atoms with Crippen LogP contribution in [0.1, 0.15) is 51.4 Å². The summed E-state index contributed by atoms with van der Waals surface area (Å²) < 4.78 is 5.76. The fraction of sp³-hybridized carbons (Fsp3) is 0.556. The van der Waals surface area contributed by atoms with Gasteiger partial charge in [-0.15, -0.1) is 0 Å². The molecule has 1 heterocycles. The van der Waals surface area contributed by atoms with Crippen LogP contribution in [0, 0.1) is 26.2 Å². The van der Waals surface area contributed by atoms with E-state index >= 15 is 0 Å². The minimum atomic E-state index is -0.260. The molecular formula is C18H27Cl2NTi. The third kappa shape index (κ3) is 3.15. The monoisotopic (exact) mass is 375 g/mol. The van der Waals surface area contributed by atoms with Gasteiger partial charge in [0.25, 0.3) is 0 Å². The zero-order valence-corrected chi connectivity index (χ0v) is 18.3. The van der Waals surface area contributed by atoms with Crippen LogP contribution in [-0.2, 0) is 26.2 Å². The number of aromatic nitrogens is 1. The van der Waals surface area contributed by atoms with Crippen LogP contribution in [0.15, 0.2) is 20.6 Å². The summed E-state index contributed by atoms with van der Waals surface area (Å²) in [4.78, 5) is 0. The van der Waals surface area contributed by atoms with Crippen molar-refractivity contribution >= 4 is 4.00 Å². The van der Waals surface area contributed by atoms with Gasteiger partial charge in [-0.25, -0.2) is 0 Å². The van der Waals surface area contributed by atoms with Gasteiger partial charge in [0.1, 0.15) is 0 Å². The van der Waals surface area contributed by atoms with Gasteiger partial charge in [-0.2, -0.15) is 0 Å². The summed E-state index contributed by atoms with van der Waals surface area (Å²) in [7, 11) is 2.24. The Morgan fingerprint density at radius 1 is 0.818 bits per heavy atom. The van der Waals surface area contributed by atoms with E-state index in [2.05, 4.69) is 67.0 Å². The number of allylic oxidation sites excluding steroid dienone is 4. The van der Waals surface area contributed by atoms with E-state index in [-0.39, 0.29) is 49.4 Å². The topological polar surface area (TPSA) is 4.93 Å². The van der Waals surface area contributed by atoms with Gasteiger partial charge < -0.3 is 24.8 Å². The molecule has 0 radical (unpaired) electrons. The van der Waals surface area contributed by atoms with Gasteiger partial charge in [0.2, 0.25) is 0 Å². The first-order valence-corrected chi connectivity index (χ1v) is 8.96. The van der Waals surface area contributed by atoms with E-state index in [4.69, 9.17) is 0 Å². The summed E-state index contributed by atoms with van der Waals surface area (Å²) in [5.41, 5.74) is 9.32. The minimum absolute atomic E-state index is 0. The Morgan fingerprint density at radius 2 is 1.32 bits per heavy atom. The van der Waals surface area contributed by atoms with E-state index in [1.54, 1.807) is 19.0 Å². The SMILES string of the molecule is CC1=C(C)C(C)(C)[C]([Ti+2][c]2c(C)c(C)c(C)n2C)=C1C.[Cl-].[Cl-]. The Morgan fingerprint density at radius 3 is 1.64 bits per heavy atom. The molecule has 1 nitrogen and oxygen atoms in total. The number of hydrogen-bond donors (Lipinski definition) is 0. The van der Waals surface area contributed by atoms with Crippen LogP contribution in [0.25, 0.3) is 0 Å². The summed E-state index contributed by atoms with van der Waals surface area (Å²) in [6.45, 7) is 18.5. The summed E-state index contributed by atoms with van der Waals surface area (Å²) in [5, 5.41) is 0. The van der Waals surface area contributed by atoms with E-state index in [0.717, 1.165) is 0 Å². The number of nitrogens with zero attached hydrogens (tertiary/aromatic N) is 1. The van der Waals surface area contributed by atoms with Crippen LogP contribution < -0.4 is 28.8 Å². The van der Waals surface area contributed by atoms with Crippen LogP contribution in [0.3, 0.4) is 0 Å². The molecule has 1 aliphatic rings. The molecule has 122 valence electrons. The van der Waals surface area contributed by atoms with Crippen molar-refractivity contribution in [3.05, 3.63) is 37.4 Å². The molecule has 22 heavy (non-hydrogen) atoms. The van der Waals surface area contributed by atoms with E-state index in [9.17, 15) is 0 Å². The largest absolute Gasteiger partial charge is 1.00 e. The van der Waals surface area contributed by atoms with E-state index in [0.29, 0.717) is 0 Å². The van der Waals surface area contributed by atoms with Crippen molar-refractivity contribution in [3.63, 3.8) is 0 Å². The average molecular weight is 376 g/mol. The molecule has 0 bridgehead atoms. The van der Waals surface area contributed by atoms with Gasteiger partial charge in [-0.05, 0) is 0 Å². The van der Waals surface area contributed by atoms with Gasteiger partial charge in [-0.3, -0.25) is 0 Å². The molecule has 0 N–H and O–H groups in total. The molecule has 0 unspecified atom stereocenters. The molecule has 0 spiro atoms. The molecule has 1 aromatic heterocycles. The molecule has 0 fully saturated rings. The molecule has 0 aliphatic heterocycles. The van der Waals surface area contributed by atoms with Crippen molar-refractivity contribution in [1.29, 1.82) is 0 Å². The predicted octanol–water partition coefficient (Wildman–Crippen LogP) is -1.68. The second-order valence-electron chi connectivity index (χ2n) is 6.74. The van der Waals surface area contributed by atoms with Crippen LogP contribution in [0.5, 0.6) is 0 Å². The Kier molecular flexibility index (Phi) is 7.32. The third-order valence-corrected chi connectivity index (χ3v) is 9.04. The van der Waals surface area contributed by atoms with Crippen LogP contribution >= 0.6 is 0 Å². The molecule has 0 aromatic carbocycles. The van der Waals surface area contributed by atoms with Gasteiger partial charge in [0, 0.05) is 0 Å². The number of hydrogen-bond acceptors (Lipinski definition) is 0. The number of halogens is 2. The molecule has 0 saturated carbocycles. The Bertz CT molecular complexity index is 623. The van der Waals surface area contributed by atoms with Crippen molar-refractivity contribution in [3.8, 4) is 0 Å². The van der Waals surface area contributed by atoms with Gasteiger partial charge in [0.05, 0.1) is 0 Å². The first-order chi connectivity index (χ1) is 9.10. The third-order valence-electron chi connectivity index (χ3n) is 5.60. The summed E-state index contributed by atoms with van der Waals surface area (Å²) in [6, 6.07) is 0. The van der Waals surface area contributed by atoms with Crippen LogP contribution in [0.4, 0.5) is 0 Å². The summed E-state index contributed by atoms with van der Waals surface area (Å²) in [5.74, 6) is 0. The van der Waals surface area contributed by atoms with Gasteiger partial charge >= 0.3 is 133 Å². The van der Waals surface area contributed by atoms with Crippen molar-refractivity contribution < 1.29 is 44.0 Å². The number of rotatable bonds is 2. The van der Waals surface area contributed by atoms with E-state index in [1.807, 2.05) is 0 Å². The summed E-state index contributed by atoms with van der Waals surface area (Å²) in [6.07, 6.45) is 0. The zero-order valence-electron chi connectivity index (χ0n) is 15.2. The normalized spacial score (nSPS) is 16.4. The average Bonchev–Trinajstić information content (AvgIpc) is 2.66. The smallest absolute Gasteiger partial charge is 1.00 e. The van der Waals surface area contributed by atoms with Crippen molar-refractivity contribution in [2.45, 2.75) is 55.4 Å². The first-order valence-electron chi connectivity index (χ1n) is 7.39. The molecule has 0 amide bonds. The van der Waals surface area contributed by atoms with Gasteiger partial charge in [-0.1, -0.05) is 0 Å². The Labute approximate surface area is 157 Å². The fourth-order valence-electron chi connectivity index (χ4n) is 3.26. The Hall–Kier alpha value is 0.0543. The molecule has 2 rings (SSSR count). The van der Waals surface area contributed by atoms with Crippen molar-refractivity contribution in [2.24, 2.45) is 12.5 Å². The minimum Gasteiger partial charge on any atom is -1.00 e. The maximum atomic E-state index is 2.43. The van der Waals surface area contributed by atoms with Crippen LogP contribution in [-0.4, -0.2) is 4.57 Å². The quantitative estimate of drug-likeness (QED) is 0.544. The Balaban J connectivity index is 0.00000220. The molecule has 0 saturated heterocycles. The zero-order chi connectivity index (χ0) is 15.4. The molecule has 0 atom stereocenters. The van der Waals surface area contributed by atoms with Crippen molar-refractivity contribution in [2.75, 3.05) is 0 Å². The summed E-state index contributed by atoms with van der Waals surface area (Å²) >= 11 is -0.260. The molecular weight excluding hydrogens is 349 g/mol. The van der Waals surface area contributed by atoms with E-state index < -0.39 is 0 Å². The standard InChI is InChI=1S/C10H15.C8H12N.2ClH.Ti/c1-7-6-10(4,5)9(3)8(7)2;1-6-5-9(4)8(3)7(6)2;;;/h1-5H3;1-4H3;2*1H;/q;;;;+2/p-2. The van der Waals surface area contributed by atoms with Crippen LogP contribution in [0.2, 0.25) is 0 Å². The predicted molar refractivity (Wildman–Crippen MR) is 84.1 cm³/mol. The second kappa shape index (κ2) is 7.30. The fourth-order valence-corrected chi connectivity index (χ4v) is 6.11. The van der Waals surface area contributed by atoms with Crippen molar-refractivity contribution in [1.82, 2.24) is 4.57 Å². The molecule has 1 aliphatic carbocycles. The molecule has 1 aromatic rings. The maximum absolute atomic E-state index is 2.43. The first kappa shape index (κ1) is 22.1. The van der Waals surface area contributed by atoms with Gasteiger partial charge in [0.15, 0.2) is 0 Å². The van der Waals surface area contributed by atoms with E-state index in [1.165, 1.54) is 22.4 Å². The maximum Gasteiger partial charge on any atom is -1.00 e.